The topological polar surface area (TPSA) is 201 Å². The molecule has 12 nitrogen and oxygen atoms in total. The molecule has 36 heavy (non-hydrogen) atoms. The van der Waals surface area contributed by atoms with Crippen LogP contribution in [-0.4, -0.2) is 84.4 Å². The number of Topliss-reactive ketones (excluding diaryl/α,β-unsaturated/α-hetero) is 1. The van der Waals surface area contributed by atoms with Gasteiger partial charge >= 0.3 is 0 Å². The number of methoxy groups -OCH3 is 2. The van der Waals surface area contributed by atoms with Crippen molar-refractivity contribution in [3.8, 4) is 40.2 Å². The van der Waals surface area contributed by atoms with Gasteiger partial charge in [0, 0.05) is 25.1 Å². The van der Waals surface area contributed by atoms with E-state index in [0.29, 0.717) is 35.5 Å². The molecule has 1 atom stereocenters. The maximum Gasteiger partial charge on any atom is 0.261 e. The first-order chi connectivity index (χ1) is 16.9. The van der Waals surface area contributed by atoms with E-state index in [1.165, 1.54) is 14.2 Å². The van der Waals surface area contributed by atoms with Crippen LogP contribution in [-0.2, 0) is 12.3 Å². The molecule has 2 aromatic rings. The van der Waals surface area contributed by atoms with Crippen LogP contribution in [0, 0.1) is 5.92 Å². The third-order valence-electron chi connectivity index (χ3n) is 7.15. The lowest BCUT2D eigenvalue weighted by Crippen LogP contribution is -2.51. The molecule has 0 bridgehead atoms. The van der Waals surface area contributed by atoms with Crippen molar-refractivity contribution in [3.63, 3.8) is 0 Å². The highest BCUT2D eigenvalue weighted by Crippen LogP contribution is 2.54. The number of aliphatic hydroxyl groups is 3. The molecule has 1 aliphatic heterocycles. The van der Waals surface area contributed by atoms with Gasteiger partial charge in [-0.05, 0) is 42.9 Å². The van der Waals surface area contributed by atoms with E-state index in [1.807, 2.05) is 0 Å². The summed E-state index contributed by atoms with van der Waals surface area (Å²) >= 11 is 0. The largest absolute Gasteiger partial charge is 0.504 e. The minimum Gasteiger partial charge on any atom is -0.504 e. The first-order valence-corrected chi connectivity index (χ1v) is 11.3. The molecular weight excluding hydrogens is 478 g/mol. The summed E-state index contributed by atoms with van der Waals surface area (Å²) in [5.41, 5.74) is -1.64. The lowest BCUT2D eigenvalue weighted by Gasteiger charge is -2.41. The Balaban J connectivity index is 1.49. The van der Waals surface area contributed by atoms with E-state index in [2.05, 4.69) is 0 Å². The number of carbonyl (C=O) groups is 1. The molecule has 0 amide bonds. The van der Waals surface area contributed by atoms with Crippen LogP contribution in [0.4, 0.5) is 0 Å². The Morgan fingerprint density at radius 3 is 1.94 bits per heavy atom. The molecule has 1 aliphatic carbocycles. The minimum atomic E-state index is -3.01. The molecular formula is C24H29NO11. The van der Waals surface area contributed by atoms with Crippen LogP contribution in [0.1, 0.15) is 40.7 Å². The second kappa shape index (κ2) is 8.89. The number of phenolic OH excluding ortho intramolecular Hbond substituents is 5. The summed E-state index contributed by atoms with van der Waals surface area (Å²) < 4.78 is 10.5. The van der Waals surface area contributed by atoms with E-state index in [1.54, 1.807) is 12.1 Å². The zero-order chi connectivity index (χ0) is 26.6. The van der Waals surface area contributed by atoms with Crippen molar-refractivity contribution in [3.05, 3.63) is 28.8 Å². The van der Waals surface area contributed by atoms with Gasteiger partial charge in [-0.15, -0.1) is 0 Å². The van der Waals surface area contributed by atoms with Gasteiger partial charge in [0.1, 0.15) is 11.2 Å². The van der Waals surface area contributed by atoms with E-state index in [-0.39, 0.29) is 31.8 Å². The summed E-state index contributed by atoms with van der Waals surface area (Å²) in [5.74, 6) is -8.86. The Hall–Kier alpha value is -3.45. The quantitative estimate of drug-likeness (QED) is 0.154. The standard InChI is InChI=1S/C24H29NO11/c1-35-14-7-12-10-23(32,22(31)13(12)8-15(14)36-2)9-11-3-5-25(6-4-11)24(33,34)16-17(26)19(28)21(30)20(29)18(16)27/h7-8,11,26-30,32-34H,3-6,9-10H2,1-2H3. The Morgan fingerprint density at radius 1 is 0.917 bits per heavy atom. The number of hydrogen-bond acceptors (Lipinski definition) is 12. The third-order valence-corrected chi connectivity index (χ3v) is 7.15. The van der Waals surface area contributed by atoms with Crippen LogP contribution in [0.3, 0.4) is 0 Å². The average molecular weight is 507 g/mol. The van der Waals surface area contributed by atoms with Gasteiger partial charge in [0.2, 0.25) is 17.2 Å². The summed E-state index contributed by atoms with van der Waals surface area (Å²) in [7, 11) is 2.93. The van der Waals surface area contributed by atoms with E-state index in [9.17, 15) is 45.6 Å². The Morgan fingerprint density at radius 2 is 1.42 bits per heavy atom. The van der Waals surface area contributed by atoms with Crippen molar-refractivity contribution >= 4 is 5.78 Å². The number of phenols is 5. The number of carbonyl (C=O) groups excluding carboxylic acids is 1. The third kappa shape index (κ3) is 3.91. The second-order valence-corrected chi connectivity index (χ2v) is 9.29. The number of ketones is 1. The van der Waals surface area contributed by atoms with E-state index < -0.39 is 51.6 Å². The number of likely N-dealkylation sites (tertiary alicyclic amines) is 1. The van der Waals surface area contributed by atoms with Gasteiger partial charge in [-0.2, -0.15) is 0 Å². The summed E-state index contributed by atoms with van der Waals surface area (Å²) in [4.78, 5) is 14.2. The average Bonchev–Trinajstić information content (AvgIpc) is 3.09. The number of nitrogens with zero attached hydrogens (tertiary/aromatic N) is 1. The molecule has 0 saturated carbocycles. The Kier molecular flexibility index (Phi) is 6.33. The van der Waals surface area contributed by atoms with Crippen molar-refractivity contribution in [2.24, 2.45) is 5.92 Å². The molecule has 4 rings (SSSR count). The maximum absolute atomic E-state index is 13.1. The molecule has 2 aliphatic rings. The second-order valence-electron chi connectivity index (χ2n) is 9.29. The highest BCUT2D eigenvalue weighted by Gasteiger charge is 2.48. The number of rotatable bonds is 6. The van der Waals surface area contributed by atoms with Crippen molar-refractivity contribution in [1.82, 2.24) is 4.90 Å². The van der Waals surface area contributed by atoms with Crippen LogP contribution >= 0.6 is 0 Å². The molecule has 0 aromatic heterocycles. The molecule has 0 radical (unpaired) electrons. The molecule has 0 spiro atoms. The summed E-state index contributed by atoms with van der Waals surface area (Å²) in [6, 6.07) is 3.21. The van der Waals surface area contributed by atoms with Crippen LogP contribution in [0.2, 0.25) is 0 Å². The van der Waals surface area contributed by atoms with Gasteiger partial charge in [0.15, 0.2) is 28.8 Å². The predicted molar refractivity (Wildman–Crippen MR) is 122 cm³/mol. The maximum atomic E-state index is 13.1. The predicted octanol–water partition coefficient (Wildman–Crippen LogP) is 0.599. The number of ether oxygens (including phenoxy) is 2. The van der Waals surface area contributed by atoms with Gasteiger partial charge in [-0.25, -0.2) is 4.90 Å². The Bertz CT molecular complexity index is 1170. The molecule has 196 valence electrons. The van der Waals surface area contributed by atoms with E-state index in [4.69, 9.17) is 9.47 Å². The van der Waals surface area contributed by atoms with Gasteiger partial charge in [0.25, 0.3) is 5.91 Å². The van der Waals surface area contributed by atoms with Crippen molar-refractivity contribution < 1.29 is 55.1 Å². The van der Waals surface area contributed by atoms with Gasteiger partial charge < -0.3 is 50.3 Å². The molecule has 1 unspecified atom stereocenters. The smallest absolute Gasteiger partial charge is 0.261 e. The first-order valence-electron chi connectivity index (χ1n) is 11.3. The lowest BCUT2D eigenvalue weighted by atomic mass is 9.82. The molecule has 1 heterocycles. The Labute approximate surface area is 205 Å². The van der Waals surface area contributed by atoms with Crippen LogP contribution in [0.25, 0.3) is 0 Å². The molecule has 2 aromatic carbocycles. The summed E-state index contributed by atoms with van der Waals surface area (Å²) in [6.07, 6.45) is 0.859. The fraction of sp³-hybridized carbons (Fsp3) is 0.458. The summed E-state index contributed by atoms with van der Waals surface area (Å²) in [6.45, 7) is 0.0234. The molecule has 8 N–H and O–H groups in total. The number of piperidine rings is 1. The number of benzene rings is 2. The van der Waals surface area contributed by atoms with Crippen molar-refractivity contribution in [2.45, 2.75) is 37.2 Å². The van der Waals surface area contributed by atoms with Gasteiger partial charge in [-0.3, -0.25) is 4.79 Å². The van der Waals surface area contributed by atoms with E-state index >= 15 is 0 Å². The number of hydrogen-bond donors (Lipinski definition) is 8. The zero-order valence-electron chi connectivity index (χ0n) is 19.7. The SMILES string of the molecule is COc1cc2c(cc1OC)C(=O)C(O)(CC1CCN(C(O)(O)c3c(O)c(O)c(O)c(O)c3O)CC1)C2. The van der Waals surface area contributed by atoms with Crippen molar-refractivity contribution in [2.75, 3.05) is 27.3 Å². The number of aromatic hydroxyl groups is 5. The summed E-state index contributed by atoms with van der Waals surface area (Å²) in [5, 5.41) is 81.9. The minimum absolute atomic E-state index is 0.0117. The van der Waals surface area contributed by atoms with Crippen molar-refractivity contribution in [1.29, 1.82) is 0 Å². The molecule has 12 heteroatoms. The fourth-order valence-electron chi connectivity index (χ4n) is 5.18. The molecule has 1 saturated heterocycles. The van der Waals surface area contributed by atoms with Crippen LogP contribution in [0.15, 0.2) is 12.1 Å². The molecule has 1 fully saturated rings. The van der Waals surface area contributed by atoms with Crippen LogP contribution in [0.5, 0.6) is 40.2 Å². The van der Waals surface area contributed by atoms with E-state index in [0.717, 1.165) is 4.90 Å². The lowest BCUT2D eigenvalue weighted by molar-refractivity contribution is -0.282. The van der Waals surface area contributed by atoms with Gasteiger partial charge in [0.05, 0.1) is 14.2 Å². The number of fused-ring (bicyclic) bond motifs is 1. The zero-order valence-corrected chi connectivity index (χ0v) is 19.7. The first kappa shape index (κ1) is 25.6. The van der Waals surface area contributed by atoms with Gasteiger partial charge in [-0.1, -0.05) is 0 Å². The van der Waals surface area contributed by atoms with Crippen LogP contribution < -0.4 is 9.47 Å². The highest BCUT2D eigenvalue weighted by atomic mass is 16.5. The monoisotopic (exact) mass is 507 g/mol. The normalized spacial score (nSPS) is 21.0. The fourth-order valence-corrected chi connectivity index (χ4v) is 5.18. The highest BCUT2D eigenvalue weighted by molar-refractivity contribution is 6.07.